The Balaban J connectivity index is 1.53. The molecule has 2 heterocycles. The van der Waals surface area contributed by atoms with Gasteiger partial charge in [-0.25, -0.2) is 9.78 Å². The predicted octanol–water partition coefficient (Wildman–Crippen LogP) is 2.89. The lowest BCUT2D eigenvalue weighted by Gasteiger charge is -2.39. The maximum Gasteiger partial charge on any atom is 0.410 e. The minimum Gasteiger partial charge on any atom is -0.445 e. The van der Waals surface area contributed by atoms with Crippen molar-refractivity contribution in [3.63, 3.8) is 0 Å². The number of anilines is 1. The van der Waals surface area contributed by atoms with Crippen molar-refractivity contribution in [1.29, 1.82) is 0 Å². The third-order valence-electron chi connectivity index (χ3n) is 13.1. The smallest absolute Gasteiger partial charge is 0.410 e. The zero-order valence-corrected chi connectivity index (χ0v) is 45.0. The van der Waals surface area contributed by atoms with Gasteiger partial charge in [0.15, 0.2) is 0 Å². The lowest BCUT2D eigenvalue weighted by molar-refractivity contribution is -0.146. The molecule has 1 fully saturated rings. The third kappa shape index (κ3) is 18.3. The average Bonchev–Trinajstić information content (AvgIpc) is 4.07. The normalized spacial score (nSPS) is 16.3. The number of thiazole rings is 1. The molecule has 8 amide bonds. The van der Waals surface area contributed by atoms with Gasteiger partial charge >= 0.3 is 6.09 Å². The first-order chi connectivity index (χ1) is 34.1. The Hall–Kier alpha value is -5.87. The van der Waals surface area contributed by atoms with Crippen molar-refractivity contribution in [2.75, 3.05) is 66.4 Å². The van der Waals surface area contributed by atoms with Gasteiger partial charge in [-0.3, -0.25) is 38.5 Å². The van der Waals surface area contributed by atoms with Crippen LogP contribution in [0.3, 0.4) is 0 Å². The van der Waals surface area contributed by atoms with Crippen LogP contribution in [0.5, 0.6) is 0 Å². The van der Waals surface area contributed by atoms with E-state index in [9.17, 15) is 38.4 Å². The van der Waals surface area contributed by atoms with Gasteiger partial charge in [0.1, 0.15) is 23.7 Å². The number of nitrogens with zero attached hydrogens (tertiary/aromatic N) is 4. The monoisotopic (exact) mass is 1030 g/mol. The number of likely N-dealkylation sites (tertiary alicyclic amines) is 1. The molecule has 8 atom stereocenters. The summed E-state index contributed by atoms with van der Waals surface area (Å²) in [5, 5.41) is 19.4. The Bertz CT molecular complexity index is 2080. The molecule has 3 rings (SSSR count). The fraction of sp³-hybridized carbons (Fsp3) is 0.660. The molecule has 1 aromatic carbocycles. The summed E-state index contributed by atoms with van der Waals surface area (Å²) in [5.41, 5.74) is 1.44. The van der Waals surface area contributed by atoms with Gasteiger partial charge < -0.3 is 55.9 Å². The quantitative estimate of drug-likeness (QED) is 0.0642. The van der Waals surface area contributed by atoms with Crippen molar-refractivity contribution in [3.05, 3.63) is 46.4 Å². The topological polar surface area (TPSA) is 259 Å². The van der Waals surface area contributed by atoms with E-state index in [1.807, 2.05) is 33.1 Å². The number of rotatable bonds is 29. The molecule has 1 aromatic heterocycles. The zero-order valence-electron chi connectivity index (χ0n) is 44.2. The number of hydrogen-bond donors (Lipinski definition) is 6. The van der Waals surface area contributed by atoms with Crippen LogP contribution >= 0.6 is 11.3 Å². The number of carbonyl (C=O) groups is 8. The molecule has 0 saturated carbocycles. The van der Waals surface area contributed by atoms with Crippen LogP contribution in [0.4, 0.5) is 10.5 Å². The second kappa shape index (κ2) is 30.2. The van der Waals surface area contributed by atoms with E-state index in [-0.39, 0.29) is 80.1 Å². The molecule has 1 aliphatic rings. The maximum atomic E-state index is 14.1. The molecule has 1 aliphatic heterocycles. The Morgan fingerprint density at radius 1 is 0.833 bits per heavy atom. The number of nitrogens with one attached hydrogen (secondary N) is 6. The first kappa shape index (κ1) is 60.4. The molecule has 0 bridgehead atoms. The van der Waals surface area contributed by atoms with Gasteiger partial charge in [-0.05, 0) is 48.3 Å². The molecule has 0 spiro atoms. The molecule has 0 radical (unpaired) electrons. The van der Waals surface area contributed by atoms with E-state index in [0.717, 1.165) is 17.1 Å². The Kier molecular flexibility index (Phi) is 25.4. The predicted molar refractivity (Wildman–Crippen MR) is 273 cm³/mol. The van der Waals surface area contributed by atoms with E-state index in [1.54, 1.807) is 70.3 Å². The molecule has 6 N–H and O–H groups in total. The van der Waals surface area contributed by atoms with E-state index < -0.39 is 60.1 Å². The number of ether oxygens (including phenoxy) is 3. The molecule has 21 nitrogen and oxygen atoms in total. The first-order valence-electron chi connectivity index (χ1n) is 24.7. The standard InChI is InChI=1S/C50H80N10O11S/c1-13-32(6)45(38(69-11)25-41(63)60-23-14-15-37(60)46(70-12)33(7)47(65)55-27-40-52-22-24-72-40)58(9)42(64)28-56-49(67)44(31(4)5)59(10)50(68)71-29-35-16-18-36(19-17-35)51-20-21-53-48(66)43(30(2)3)57-39(62)26-54-34(8)61/h16-19,22,24,30-33,37-38,43-46,51H,13-15,20-21,23,25-29H2,1-12H3,(H,53,66)(H,54,61)(H,55,65)(H,56,67)(H,57,62)/t32-,33+,37-,38+,43?,44?,45-,46+/m0/s1. The van der Waals surface area contributed by atoms with Gasteiger partial charge in [0, 0.05) is 72.1 Å². The number of benzene rings is 1. The summed E-state index contributed by atoms with van der Waals surface area (Å²) in [4.78, 5) is 113. The Labute approximate surface area is 429 Å². The van der Waals surface area contributed by atoms with E-state index in [0.29, 0.717) is 38.0 Å². The van der Waals surface area contributed by atoms with E-state index >= 15 is 0 Å². The highest BCUT2D eigenvalue weighted by Crippen LogP contribution is 2.29. The van der Waals surface area contributed by atoms with Crippen LogP contribution in [0.1, 0.15) is 91.6 Å². The summed E-state index contributed by atoms with van der Waals surface area (Å²) in [6.45, 7) is 15.1. The summed E-state index contributed by atoms with van der Waals surface area (Å²) in [6.07, 6.45) is 1.77. The lowest BCUT2D eigenvalue weighted by Crippen LogP contribution is -2.55. The lowest BCUT2D eigenvalue weighted by atomic mass is 9.90. The summed E-state index contributed by atoms with van der Waals surface area (Å²) in [6, 6.07) is 4.52. The second-order valence-corrected chi connectivity index (χ2v) is 20.0. The van der Waals surface area contributed by atoms with Gasteiger partial charge in [0.2, 0.25) is 41.4 Å². The fourth-order valence-corrected chi connectivity index (χ4v) is 9.41. The van der Waals surface area contributed by atoms with Crippen LogP contribution < -0.4 is 31.9 Å². The SMILES string of the molecule is CC[C@H](C)[C@@H]([C@@H](CC(=O)N1CCC[C@H]1[C@H](OC)[C@@H](C)C(=O)NCc1nccs1)OC)N(C)C(=O)CNC(=O)C(C(C)C)N(C)C(=O)OCc1ccc(NCCNC(=O)C(NC(=O)CNC(C)=O)C(C)C)cc1. The van der Waals surface area contributed by atoms with Crippen molar-refractivity contribution in [2.45, 2.75) is 131 Å². The minimum atomic E-state index is -0.968. The number of hydrogen-bond acceptors (Lipinski definition) is 14. The van der Waals surface area contributed by atoms with Crippen molar-refractivity contribution in [1.82, 2.24) is 46.3 Å². The van der Waals surface area contributed by atoms with Crippen LogP contribution in [0.15, 0.2) is 35.8 Å². The number of carbonyl (C=O) groups excluding carboxylic acids is 8. The molecule has 2 unspecified atom stereocenters. The number of aromatic nitrogens is 1. The summed E-state index contributed by atoms with van der Waals surface area (Å²) >= 11 is 1.45. The minimum absolute atomic E-state index is 0.0225. The molecule has 72 heavy (non-hydrogen) atoms. The summed E-state index contributed by atoms with van der Waals surface area (Å²) in [7, 11) is 6.16. The Morgan fingerprint density at radius 2 is 1.53 bits per heavy atom. The maximum absolute atomic E-state index is 14.1. The van der Waals surface area contributed by atoms with E-state index in [1.165, 1.54) is 42.2 Å². The average molecular weight is 1030 g/mol. The molecule has 22 heteroatoms. The third-order valence-corrected chi connectivity index (χ3v) is 13.8. The zero-order chi connectivity index (χ0) is 53.7. The van der Waals surface area contributed by atoms with E-state index in [4.69, 9.17) is 14.2 Å². The van der Waals surface area contributed by atoms with Crippen molar-refractivity contribution < 1.29 is 52.6 Å². The van der Waals surface area contributed by atoms with Gasteiger partial charge in [0.05, 0.1) is 56.3 Å². The van der Waals surface area contributed by atoms with Crippen molar-refractivity contribution >= 4 is 64.5 Å². The largest absolute Gasteiger partial charge is 0.445 e. The number of likely N-dealkylation sites (N-methyl/N-ethyl adjacent to an activating group) is 2. The molecule has 1 saturated heterocycles. The van der Waals surface area contributed by atoms with Crippen LogP contribution in [0.25, 0.3) is 0 Å². The highest BCUT2D eigenvalue weighted by atomic mass is 32.1. The second-order valence-electron chi connectivity index (χ2n) is 19.0. The molecular weight excluding hydrogens is 949 g/mol. The van der Waals surface area contributed by atoms with Gasteiger partial charge in [-0.1, -0.05) is 67.0 Å². The number of amides is 8. The van der Waals surface area contributed by atoms with Gasteiger partial charge in [-0.15, -0.1) is 11.3 Å². The number of methoxy groups -OCH3 is 2. The van der Waals surface area contributed by atoms with Crippen LogP contribution in [0.2, 0.25) is 0 Å². The first-order valence-corrected chi connectivity index (χ1v) is 25.6. The van der Waals surface area contributed by atoms with Crippen molar-refractivity contribution in [3.8, 4) is 0 Å². The van der Waals surface area contributed by atoms with Crippen LogP contribution in [-0.4, -0.2) is 165 Å². The molecule has 2 aromatic rings. The van der Waals surface area contributed by atoms with E-state index in [2.05, 4.69) is 36.9 Å². The summed E-state index contributed by atoms with van der Waals surface area (Å²) < 4.78 is 17.4. The Morgan fingerprint density at radius 3 is 2.11 bits per heavy atom. The molecular formula is C50H80N10O11S. The molecule has 0 aliphatic carbocycles. The van der Waals surface area contributed by atoms with Gasteiger partial charge in [-0.2, -0.15) is 0 Å². The van der Waals surface area contributed by atoms with Crippen molar-refractivity contribution in [2.24, 2.45) is 23.7 Å². The molecule has 402 valence electrons. The van der Waals surface area contributed by atoms with Gasteiger partial charge in [0.25, 0.3) is 0 Å². The highest BCUT2D eigenvalue weighted by molar-refractivity contribution is 7.09. The van der Waals surface area contributed by atoms with Crippen LogP contribution in [-0.2, 0) is 60.9 Å². The summed E-state index contributed by atoms with van der Waals surface area (Å²) in [5.74, 6) is -3.65. The van der Waals surface area contributed by atoms with Crippen LogP contribution in [0, 0.1) is 23.7 Å². The fourth-order valence-electron chi connectivity index (χ4n) is 8.85. The highest BCUT2D eigenvalue weighted by Gasteiger charge is 2.42.